The van der Waals surface area contributed by atoms with Gasteiger partial charge in [0.1, 0.15) is 24.0 Å². The van der Waals surface area contributed by atoms with E-state index in [1.165, 1.54) is 0 Å². The van der Waals surface area contributed by atoms with E-state index in [1.807, 2.05) is 30.3 Å². The number of nitrogens with one attached hydrogen (secondary N) is 1. The lowest BCUT2D eigenvalue weighted by molar-refractivity contribution is 0.272. The van der Waals surface area contributed by atoms with Crippen LogP contribution in [0.5, 0.6) is 5.75 Å². The molecule has 6 heteroatoms. The molecule has 0 saturated carbocycles. The Hall–Kier alpha value is -2.97. The number of nitrogens with zero attached hydrogens (tertiary/aromatic N) is 2. The van der Waals surface area contributed by atoms with Crippen molar-refractivity contribution in [2.75, 3.05) is 6.61 Å². The number of imidazole rings is 1. The van der Waals surface area contributed by atoms with Crippen molar-refractivity contribution in [2.24, 2.45) is 0 Å². The van der Waals surface area contributed by atoms with Crippen LogP contribution >= 0.6 is 11.6 Å². The van der Waals surface area contributed by atoms with Crippen LogP contribution in [0.3, 0.4) is 0 Å². The molecule has 1 aromatic heterocycles. The van der Waals surface area contributed by atoms with E-state index in [0.717, 1.165) is 11.0 Å². The third kappa shape index (κ3) is 3.28. The second kappa shape index (κ2) is 6.42. The minimum absolute atomic E-state index is 0.0511. The summed E-state index contributed by atoms with van der Waals surface area (Å²) in [6, 6.07) is 16.1. The molecule has 23 heavy (non-hydrogen) atoms. The molecule has 0 atom stereocenters. The number of fused-ring (bicyclic) bond motifs is 1. The molecule has 3 rings (SSSR count). The van der Waals surface area contributed by atoms with Gasteiger partial charge in [0.05, 0.1) is 11.0 Å². The fourth-order valence-electron chi connectivity index (χ4n) is 2.08. The summed E-state index contributed by atoms with van der Waals surface area (Å²) in [5.41, 5.74) is 1.57. The van der Waals surface area contributed by atoms with E-state index in [0.29, 0.717) is 16.6 Å². The highest BCUT2D eigenvalue weighted by Crippen LogP contribution is 2.20. The van der Waals surface area contributed by atoms with E-state index in [1.54, 1.807) is 24.3 Å². The molecule has 0 unspecified atom stereocenters. The van der Waals surface area contributed by atoms with Crippen LogP contribution in [0.4, 0.5) is 0 Å². The van der Waals surface area contributed by atoms with Crippen LogP contribution in [0.1, 0.15) is 5.82 Å². The third-order valence-corrected chi connectivity index (χ3v) is 3.47. The van der Waals surface area contributed by atoms with E-state index in [2.05, 4.69) is 9.97 Å². The van der Waals surface area contributed by atoms with Gasteiger partial charge in [-0.1, -0.05) is 23.7 Å². The summed E-state index contributed by atoms with van der Waals surface area (Å²) in [7, 11) is 0. The lowest BCUT2D eigenvalue weighted by Crippen LogP contribution is -2.04. The first-order valence-corrected chi connectivity index (χ1v) is 7.21. The van der Waals surface area contributed by atoms with Crippen LogP contribution < -0.4 is 4.74 Å². The molecule has 0 amide bonds. The zero-order chi connectivity index (χ0) is 16.2. The zero-order valence-corrected chi connectivity index (χ0v) is 12.7. The normalized spacial score (nSPS) is 11.8. The smallest absolute Gasteiger partial charge is 0.152 e. The number of nitriles is 1. The highest BCUT2D eigenvalue weighted by atomic mass is 35.5. The van der Waals surface area contributed by atoms with Gasteiger partial charge in [-0.15, -0.1) is 0 Å². The van der Waals surface area contributed by atoms with Crippen molar-refractivity contribution in [3.8, 4) is 11.8 Å². The van der Waals surface area contributed by atoms with Crippen molar-refractivity contribution in [1.29, 1.82) is 5.26 Å². The number of aliphatic hydroxyl groups is 1. The number of para-hydroxylation sites is 2. The molecule has 0 fully saturated rings. The molecule has 0 bridgehead atoms. The molecular weight excluding hydrogens is 314 g/mol. The van der Waals surface area contributed by atoms with Crippen LogP contribution in [0.2, 0.25) is 5.02 Å². The van der Waals surface area contributed by atoms with Gasteiger partial charge in [-0.2, -0.15) is 5.26 Å². The number of rotatable bonds is 4. The predicted octanol–water partition coefficient (Wildman–Crippen LogP) is 4.09. The molecule has 114 valence electrons. The molecule has 0 spiro atoms. The molecule has 0 radical (unpaired) electrons. The largest absolute Gasteiger partial charge is 0.507 e. The fourth-order valence-corrected chi connectivity index (χ4v) is 2.21. The standard InChI is InChI=1S/C17H12ClN3O2/c18-11-5-7-12(8-6-11)23-10-16(22)13(9-19)17-20-14-3-1-2-4-15(14)21-17/h1-8,22H,10H2,(H,20,21)/b16-13-. The second-order valence-electron chi connectivity index (χ2n) is 4.78. The van der Waals surface area contributed by atoms with Gasteiger partial charge in [0.25, 0.3) is 0 Å². The molecule has 2 aromatic carbocycles. The number of H-pyrrole nitrogens is 1. The van der Waals surface area contributed by atoms with Gasteiger partial charge in [-0.05, 0) is 36.4 Å². The Labute approximate surface area is 137 Å². The molecule has 0 aliphatic heterocycles. The number of hydrogen-bond donors (Lipinski definition) is 2. The summed E-state index contributed by atoms with van der Waals surface area (Å²) in [6.07, 6.45) is 0. The van der Waals surface area contributed by atoms with Crippen molar-refractivity contribution in [3.63, 3.8) is 0 Å². The SMILES string of the molecule is N#C/C(=C(/O)COc1ccc(Cl)cc1)c1nc2ccccc2[nH]1. The van der Waals surface area contributed by atoms with Crippen molar-refractivity contribution in [3.05, 3.63) is 65.1 Å². The molecule has 0 saturated heterocycles. The first-order valence-electron chi connectivity index (χ1n) is 6.83. The number of aliphatic hydroxyl groups excluding tert-OH is 1. The van der Waals surface area contributed by atoms with E-state index in [-0.39, 0.29) is 17.9 Å². The van der Waals surface area contributed by atoms with Crippen molar-refractivity contribution < 1.29 is 9.84 Å². The van der Waals surface area contributed by atoms with Gasteiger partial charge in [-0.3, -0.25) is 0 Å². The number of hydrogen-bond acceptors (Lipinski definition) is 4. The van der Waals surface area contributed by atoms with E-state index >= 15 is 0 Å². The third-order valence-electron chi connectivity index (χ3n) is 3.22. The first-order chi connectivity index (χ1) is 11.2. The molecule has 5 nitrogen and oxygen atoms in total. The lowest BCUT2D eigenvalue weighted by atomic mass is 10.2. The van der Waals surface area contributed by atoms with Crippen molar-refractivity contribution in [1.82, 2.24) is 9.97 Å². The Morgan fingerprint density at radius 2 is 1.96 bits per heavy atom. The van der Waals surface area contributed by atoms with Gasteiger partial charge in [0, 0.05) is 5.02 Å². The molecule has 2 N–H and O–H groups in total. The Bertz CT molecular complexity index is 874. The molecule has 0 aliphatic rings. The predicted molar refractivity (Wildman–Crippen MR) is 88.2 cm³/mol. The maximum absolute atomic E-state index is 10.1. The van der Waals surface area contributed by atoms with E-state index in [4.69, 9.17) is 16.3 Å². The average Bonchev–Trinajstić information content (AvgIpc) is 2.98. The Morgan fingerprint density at radius 3 is 2.65 bits per heavy atom. The maximum Gasteiger partial charge on any atom is 0.152 e. The fraction of sp³-hybridized carbons (Fsp3) is 0.0588. The monoisotopic (exact) mass is 325 g/mol. The lowest BCUT2D eigenvalue weighted by Gasteiger charge is -2.06. The maximum atomic E-state index is 10.1. The number of aromatic nitrogens is 2. The quantitative estimate of drug-likeness (QED) is 0.559. The first kappa shape index (κ1) is 14.9. The Kier molecular flexibility index (Phi) is 4.18. The molecular formula is C17H12ClN3O2. The van der Waals surface area contributed by atoms with Crippen molar-refractivity contribution in [2.45, 2.75) is 0 Å². The summed E-state index contributed by atoms with van der Waals surface area (Å²) >= 11 is 5.80. The number of aromatic amines is 1. The highest BCUT2D eigenvalue weighted by molar-refractivity contribution is 6.30. The van der Waals surface area contributed by atoms with E-state index in [9.17, 15) is 10.4 Å². The van der Waals surface area contributed by atoms with Gasteiger partial charge in [0.15, 0.2) is 11.6 Å². The number of ether oxygens (including phenoxy) is 1. The number of allylic oxidation sites excluding steroid dienone is 1. The second-order valence-corrected chi connectivity index (χ2v) is 5.22. The number of halogens is 1. The average molecular weight is 326 g/mol. The van der Waals surface area contributed by atoms with Crippen LogP contribution in [-0.4, -0.2) is 21.7 Å². The van der Waals surface area contributed by atoms with Gasteiger partial charge in [-0.25, -0.2) is 4.98 Å². The van der Waals surface area contributed by atoms with E-state index < -0.39 is 0 Å². The van der Waals surface area contributed by atoms with Crippen molar-refractivity contribution >= 4 is 28.2 Å². The van der Waals surface area contributed by atoms with Gasteiger partial charge < -0.3 is 14.8 Å². The molecule has 0 aliphatic carbocycles. The summed E-state index contributed by atoms with van der Waals surface area (Å²) in [5.74, 6) is 0.662. The summed E-state index contributed by atoms with van der Waals surface area (Å²) in [5, 5.41) is 20.1. The van der Waals surface area contributed by atoms with Gasteiger partial charge in [0.2, 0.25) is 0 Å². The van der Waals surface area contributed by atoms with Crippen LogP contribution in [-0.2, 0) is 0 Å². The minimum atomic E-state index is -0.193. The Balaban J connectivity index is 1.84. The Morgan fingerprint density at radius 1 is 1.22 bits per heavy atom. The molecule has 3 aromatic rings. The summed E-state index contributed by atoms with van der Waals surface area (Å²) < 4.78 is 5.44. The van der Waals surface area contributed by atoms with Crippen LogP contribution in [0, 0.1) is 11.3 Å². The highest BCUT2D eigenvalue weighted by Gasteiger charge is 2.13. The number of benzene rings is 2. The summed E-state index contributed by atoms with van der Waals surface area (Å²) in [4.78, 5) is 7.31. The minimum Gasteiger partial charge on any atom is -0.507 e. The topological polar surface area (TPSA) is 81.9 Å². The van der Waals surface area contributed by atoms with Crippen LogP contribution in [0.25, 0.3) is 16.6 Å². The summed E-state index contributed by atoms with van der Waals surface area (Å²) in [6.45, 7) is -0.137. The van der Waals surface area contributed by atoms with Crippen LogP contribution in [0.15, 0.2) is 54.3 Å². The zero-order valence-electron chi connectivity index (χ0n) is 12.0. The van der Waals surface area contributed by atoms with Gasteiger partial charge >= 0.3 is 0 Å². The molecule has 1 heterocycles.